The lowest BCUT2D eigenvalue weighted by Gasteiger charge is -2.29. The van der Waals surface area contributed by atoms with Gasteiger partial charge in [0.1, 0.15) is 11.9 Å². The Morgan fingerprint density at radius 1 is 1.06 bits per heavy atom. The number of sulfonamides is 1. The molecule has 7 nitrogen and oxygen atoms in total. The molecule has 1 saturated heterocycles. The molecule has 0 aliphatic carbocycles. The minimum absolute atomic E-state index is 0.312. The van der Waals surface area contributed by atoms with Gasteiger partial charge in [-0.1, -0.05) is 18.2 Å². The van der Waals surface area contributed by atoms with Crippen molar-refractivity contribution in [3.63, 3.8) is 0 Å². The summed E-state index contributed by atoms with van der Waals surface area (Å²) in [7, 11) is -3.42. The second-order valence-corrected chi connectivity index (χ2v) is 10.8. The van der Waals surface area contributed by atoms with E-state index in [0.29, 0.717) is 16.5 Å². The Morgan fingerprint density at radius 3 is 2.53 bits per heavy atom. The van der Waals surface area contributed by atoms with E-state index in [1.54, 1.807) is 30.5 Å². The van der Waals surface area contributed by atoms with E-state index < -0.39 is 10.0 Å². The van der Waals surface area contributed by atoms with Crippen LogP contribution in [-0.2, 0) is 10.0 Å². The predicted molar refractivity (Wildman–Crippen MR) is 143 cm³/mol. The van der Waals surface area contributed by atoms with Crippen molar-refractivity contribution in [1.29, 1.82) is 0 Å². The number of nitrogens with zero attached hydrogens (tertiary/aromatic N) is 3. The van der Waals surface area contributed by atoms with Crippen LogP contribution in [0.3, 0.4) is 0 Å². The van der Waals surface area contributed by atoms with Gasteiger partial charge in [0.05, 0.1) is 29.4 Å². The van der Waals surface area contributed by atoms with Crippen LogP contribution in [0.5, 0.6) is 0 Å². The Hall–Kier alpha value is -3.76. The number of thiocarbonyl (C=S) groups is 1. The van der Waals surface area contributed by atoms with Gasteiger partial charge in [-0.15, -0.1) is 0 Å². The fourth-order valence-electron chi connectivity index (χ4n) is 4.55. The number of aromatic nitrogens is 2. The van der Waals surface area contributed by atoms with Crippen LogP contribution in [0.2, 0.25) is 0 Å². The largest absolute Gasteiger partial charge is 0.351 e. The highest BCUT2D eigenvalue weighted by molar-refractivity contribution is 7.92. The fourth-order valence-corrected chi connectivity index (χ4v) is 5.52. The smallest absolute Gasteiger partial charge is 0.229 e. The summed E-state index contributed by atoms with van der Waals surface area (Å²) in [6, 6.07) is 20.9. The van der Waals surface area contributed by atoms with Crippen LogP contribution in [0.1, 0.15) is 29.0 Å². The summed E-state index contributed by atoms with van der Waals surface area (Å²) in [6.45, 7) is 1.83. The molecule has 2 atom stereocenters. The lowest BCUT2D eigenvalue weighted by Crippen LogP contribution is -2.30. The number of hydrogen-bond acceptors (Lipinski definition) is 4. The van der Waals surface area contributed by atoms with Gasteiger partial charge in [-0.3, -0.25) is 9.71 Å². The maximum Gasteiger partial charge on any atom is 0.229 e. The van der Waals surface area contributed by atoms with Gasteiger partial charge in [-0.05, 0) is 79.3 Å². The van der Waals surface area contributed by atoms with E-state index in [2.05, 4.69) is 15.0 Å². The highest BCUT2D eigenvalue weighted by atomic mass is 32.2. The first-order valence-electron chi connectivity index (χ1n) is 11.2. The first-order chi connectivity index (χ1) is 17.2. The number of rotatable bonds is 6. The van der Waals surface area contributed by atoms with E-state index in [1.165, 1.54) is 6.07 Å². The van der Waals surface area contributed by atoms with Crippen molar-refractivity contribution in [1.82, 2.24) is 14.9 Å². The summed E-state index contributed by atoms with van der Waals surface area (Å²) in [4.78, 5) is 6.54. The van der Waals surface area contributed by atoms with Crippen molar-refractivity contribution in [3.8, 4) is 5.69 Å². The first kappa shape index (κ1) is 24.0. The minimum atomic E-state index is -3.42. The van der Waals surface area contributed by atoms with Crippen LogP contribution in [0.25, 0.3) is 5.69 Å². The normalized spacial score (nSPS) is 17.8. The zero-order chi connectivity index (χ0) is 25.4. The summed E-state index contributed by atoms with van der Waals surface area (Å²) in [5.74, 6) is -0.337. The van der Waals surface area contributed by atoms with Gasteiger partial charge in [0.25, 0.3) is 0 Å². The molecule has 1 aliphatic heterocycles. The molecule has 2 aromatic heterocycles. The van der Waals surface area contributed by atoms with Crippen LogP contribution >= 0.6 is 12.2 Å². The van der Waals surface area contributed by atoms with Gasteiger partial charge in [0.2, 0.25) is 10.0 Å². The third-order valence-electron chi connectivity index (χ3n) is 6.08. The fraction of sp³-hybridized carbons (Fsp3) is 0.154. The number of hydrogen-bond donors (Lipinski definition) is 2. The van der Waals surface area contributed by atoms with E-state index >= 15 is 0 Å². The van der Waals surface area contributed by atoms with Gasteiger partial charge < -0.3 is 14.8 Å². The molecule has 2 N–H and O–H groups in total. The number of halogens is 1. The molecule has 0 bridgehead atoms. The van der Waals surface area contributed by atoms with Gasteiger partial charge in [-0.2, -0.15) is 0 Å². The first-order valence-corrected chi connectivity index (χ1v) is 13.5. The van der Waals surface area contributed by atoms with Crippen LogP contribution in [0.4, 0.5) is 15.8 Å². The van der Waals surface area contributed by atoms with Crippen molar-refractivity contribution >= 4 is 38.7 Å². The quantitative estimate of drug-likeness (QED) is 0.353. The summed E-state index contributed by atoms with van der Waals surface area (Å²) in [5.41, 5.74) is 4.05. The molecule has 0 saturated carbocycles. The average molecular weight is 522 g/mol. The minimum Gasteiger partial charge on any atom is -0.351 e. The Morgan fingerprint density at radius 2 is 1.83 bits per heavy atom. The van der Waals surface area contributed by atoms with Crippen molar-refractivity contribution in [3.05, 3.63) is 108 Å². The Bertz CT molecular complexity index is 1540. The van der Waals surface area contributed by atoms with Gasteiger partial charge in [0, 0.05) is 23.8 Å². The number of nitrogens with one attached hydrogen (secondary N) is 2. The molecule has 36 heavy (non-hydrogen) atoms. The van der Waals surface area contributed by atoms with E-state index in [-0.39, 0.29) is 17.9 Å². The Balaban J connectivity index is 1.65. The SMILES string of the molecule is Cc1cc(N2C(=S)N[C@H](c3ccccn3)[C@H]2c2cccn2-c2ccccc2F)ccc1NS(C)(=O)=O. The van der Waals surface area contributed by atoms with Crippen LogP contribution in [0.15, 0.2) is 85.2 Å². The van der Waals surface area contributed by atoms with Gasteiger partial charge >= 0.3 is 0 Å². The van der Waals surface area contributed by atoms with Crippen molar-refractivity contribution < 1.29 is 12.8 Å². The second-order valence-electron chi connectivity index (χ2n) is 8.62. The molecule has 1 aliphatic rings. The van der Waals surface area contributed by atoms with E-state index in [9.17, 15) is 12.8 Å². The number of anilines is 2. The zero-order valence-corrected chi connectivity index (χ0v) is 21.2. The molecule has 0 spiro atoms. The van der Waals surface area contributed by atoms with Crippen LogP contribution in [0, 0.1) is 12.7 Å². The molecule has 0 unspecified atom stereocenters. The standard InChI is InChI=1S/C26H24FN5O2S2/c1-17-16-18(12-13-20(17)30-36(2,33)34)32-25(24(29-26(32)35)21-9-5-6-14-28-21)23-11-7-15-31(23)22-10-4-3-8-19(22)27/h3-16,24-25,30H,1-2H3,(H,29,35)/t24-,25-/m1/s1. The molecule has 5 rings (SSSR count). The number of para-hydroxylation sites is 1. The molecule has 2 aromatic carbocycles. The molecule has 0 amide bonds. The third-order valence-corrected chi connectivity index (χ3v) is 6.98. The highest BCUT2D eigenvalue weighted by Gasteiger charge is 2.42. The number of pyridine rings is 1. The predicted octanol–water partition coefficient (Wildman–Crippen LogP) is 4.87. The van der Waals surface area contributed by atoms with Crippen LogP contribution in [-0.4, -0.2) is 29.3 Å². The topological polar surface area (TPSA) is 79.3 Å². The Kier molecular flexibility index (Phi) is 6.23. The maximum absolute atomic E-state index is 14.8. The molecule has 0 radical (unpaired) electrons. The molecular weight excluding hydrogens is 497 g/mol. The lowest BCUT2D eigenvalue weighted by molar-refractivity contribution is 0.544. The van der Waals surface area contributed by atoms with Crippen molar-refractivity contribution in [2.75, 3.05) is 15.9 Å². The van der Waals surface area contributed by atoms with Crippen LogP contribution < -0.4 is 14.9 Å². The summed E-state index contributed by atoms with van der Waals surface area (Å²) in [6.07, 6.45) is 4.67. The molecule has 3 heterocycles. The number of aryl methyl sites for hydroxylation is 1. The lowest BCUT2D eigenvalue weighted by atomic mass is 10.0. The molecular formula is C26H24FN5O2S2. The van der Waals surface area contributed by atoms with Gasteiger partial charge in [0.15, 0.2) is 5.11 Å². The molecule has 10 heteroatoms. The average Bonchev–Trinajstić information content (AvgIpc) is 3.44. The highest BCUT2D eigenvalue weighted by Crippen LogP contribution is 2.43. The van der Waals surface area contributed by atoms with Crippen molar-refractivity contribution in [2.45, 2.75) is 19.0 Å². The monoisotopic (exact) mass is 521 g/mol. The zero-order valence-electron chi connectivity index (χ0n) is 19.6. The second kappa shape index (κ2) is 9.36. The molecule has 184 valence electrons. The Labute approximate surface area is 214 Å². The van der Waals surface area contributed by atoms with E-state index in [1.807, 2.05) is 65.1 Å². The van der Waals surface area contributed by atoms with E-state index in [4.69, 9.17) is 12.2 Å². The number of benzene rings is 2. The summed E-state index contributed by atoms with van der Waals surface area (Å²) < 4.78 is 42.7. The van der Waals surface area contributed by atoms with Crippen molar-refractivity contribution in [2.24, 2.45) is 0 Å². The summed E-state index contributed by atoms with van der Waals surface area (Å²) in [5, 5.41) is 3.89. The van der Waals surface area contributed by atoms with E-state index in [0.717, 1.165) is 28.9 Å². The molecule has 4 aromatic rings. The van der Waals surface area contributed by atoms with Gasteiger partial charge in [-0.25, -0.2) is 12.8 Å². The maximum atomic E-state index is 14.8. The summed E-state index contributed by atoms with van der Waals surface area (Å²) >= 11 is 5.79. The molecule has 1 fully saturated rings. The third kappa shape index (κ3) is 4.57.